The molecule has 0 spiro atoms. The molecule has 2 amide bonds. The number of fused-ring (bicyclic) bond motifs is 1. The van der Waals surface area contributed by atoms with E-state index >= 15 is 0 Å². The first-order valence-electron chi connectivity index (χ1n) is 7.02. The van der Waals surface area contributed by atoms with E-state index in [-0.39, 0.29) is 15.6 Å². The van der Waals surface area contributed by atoms with E-state index in [9.17, 15) is 28.9 Å². The van der Waals surface area contributed by atoms with Gasteiger partial charge in [0.25, 0.3) is 17.5 Å². The lowest BCUT2D eigenvalue weighted by atomic mass is 10.1. The van der Waals surface area contributed by atoms with Gasteiger partial charge in [0.05, 0.1) is 27.6 Å². The van der Waals surface area contributed by atoms with Crippen LogP contribution in [0.3, 0.4) is 0 Å². The Morgan fingerprint density at radius 1 is 1.23 bits per heavy atom. The molecule has 0 radical (unpaired) electrons. The molecule has 0 aliphatic carbocycles. The molecular formula is C16H8BrFN2O6. The highest BCUT2D eigenvalue weighted by Crippen LogP contribution is 2.41. The van der Waals surface area contributed by atoms with Crippen molar-refractivity contribution in [1.82, 2.24) is 0 Å². The lowest BCUT2D eigenvalue weighted by Gasteiger charge is -2.18. The SMILES string of the molecule is COC(=O)c1c(F)c(Br)cc([N+](=O)[O-])c1N1C(=O)c2ccccc2C1=O. The van der Waals surface area contributed by atoms with E-state index in [1.54, 1.807) is 0 Å². The minimum absolute atomic E-state index is 0.00839. The zero-order valence-electron chi connectivity index (χ0n) is 13.0. The number of amides is 2. The first kappa shape index (κ1) is 17.7. The number of ether oxygens (including phenoxy) is 1. The molecular weight excluding hydrogens is 415 g/mol. The van der Waals surface area contributed by atoms with Crippen molar-refractivity contribution in [2.24, 2.45) is 0 Å². The summed E-state index contributed by atoms with van der Waals surface area (Å²) in [6.07, 6.45) is 0. The fourth-order valence-corrected chi connectivity index (χ4v) is 3.06. The highest BCUT2D eigenvalue weighted by atomic mass is 79.9. The van der Waals surface area contributed by atoms with E-state index in [0.29, 0.717) is 4.90 Å². The summed E-state index contributed by atoms with van der Waals surface area (Å²) >= 11 is 2.79. The van der Waals surface area contributed by atoms with Crippen molar-refractivity contribution in [3.63, 3.8) is 0 Å². The summed E-state index contributed by atoms with van der Waals surface area (Å²) in [5, 5.41) is 11.5. The molecule has 0 N–H and O–H groups in total. The second kappa shape index (κ2) is 6.30. The normalized spacial score (nSPS) is 13.0. The lowest BCUT2D eigenvalue weighted by Crippen LogP contribution is -2.32. The van der Waals surface area contributed by atoms with Gasteiger partial charge in [-0.1, -0.05) is 12.1 Å². The Balaban J connectivity index is 2.37. The van der Waals surface area contributed by atoms with Crippen LogP contribution in [0.4, 0.5) is 15.8 Å². The van der Waals surface area contributed by atoms with Crippen molar-refractivity contribution in [2.75, 3.05) is 12.0 Å². The maximum atomic E-state index is 14.6. The molecule has 2 aromatic carbocycles. The molecule has 1 aliphatic rings. The fraction of sp³-hybridized carbons (Fsp3) is 0.0625. The zero-order valence-corrected chi connectivity index (χ0v) is 14.6. The smallest absolute Gasteiger partial charge is 0.343 e. The van der Waals surface area contributed by atoms with Gasteiger partial charge in [0.2, 0.25) is 0 Å². The maximum absolute atomic E-state index is 14.6. The number of imide groups is 1. The van der Waals surface area contributed by atoms with E-state index in [0.717, 1.165) is 13.2 Å². The average Bonchev–Trinajstić information content (AvgIpc) is 2.87. The molecule has 0 bridgehead atoms. The number of benzene rings is 2. The second-order valence-electron chi connectivity index (χ2n) is 5.16. The van der Waals surface area contributed by atoms with Crippen LogP contribution in [0.5, 0.6) is 0 Å². The van der Waals surface area contributed by atoms with Crippen LogP contribution in [0.15, 0.2) is 34.8 Å². The number of hydrogen-bond donors (Lipinski definition) is 0. The van der Waals surface area contributed by atoms with Crippen molar-refractivity contribution in [3.8, 4) is 0 Å². The van der Waals surface area contributed by atoms with Crippen LogP contribution in [-0.2, 0) is 4.74 Å². The van der Waals surface area contributed by atoms with E-state index < -0.39 is 45.5 Å². The third-order valence-corrected chi connectivity index (χ3v) is 4.35. The zero-order chi connectivity index (χ0) is 19.2. The minimum atomic E-state index is -1.27. The average molecular weight is 423 g/mol. The van der Waals surface area contributed by atoms with Crippen molar-refractivity contribution in [1.29, 1.82) is 0 Å². The molecule has 10 heteroatoms. The summed E-state index contributed by atoms with van der Waals surface area (Å²) in [7, 11) is 0.945. The van der Waals surface area contributed by atoms with Gasteiger partial charge in [0.1, 0.15) is 11.3 Å². The molecule has 1 aliphatic heterocycles. The summed E-state index contributed by atoms with van der Waals surface area (Å²) in [5.41, 5.74) is -2.47. The molecule has 2 aromatic rings. The van der Waals surface area contributed by atoms with Crippen LogP contribution in [0.25, 0.3) is 0 Å². The van der Waals surface area contributed by atoms with Gasteiger partial charge in [-0.15, -0.1) is 0 Å². The van der Waals surface area contributed by atoms with Crippen LogP contribution >= 0.6 is 15.9 Å². The van der Waals surface area contributed by atoms with Crippen LogP contribution in [0.2, 0.25) is 0 Å². The van der Waals surface area contributed by atoms with Crippen LogP contribution in [-0.4, -0.2) is 29.8 Å². The number of halogens is 2. The number of methoxy groups -OCH3 is 1. The van der Waals surface area contributed by atoms with Gasteiger partial charge in [0.15, 0.2) is 5.82 Å². The molecule has 132 valence electrons. The third-order valence-electron chi connectivity index (χ3n) is 3.78. The number of esters is 1. The minimum Gasteiger partial charge on any atom is -0.465 e. The Morgan fingerprint density at radius 2 is 1.77 bits per heavy atom. The standard InChI is InChI=1S/C16H8BrFN2O6/c1-26-16(23)11-12(18)9(17)6-10(20(24)25)13(11)19-14(21)7-4-2-3-5-8(7)15(19)22/h2-6H,1H3. The molecule has 0 unspecified atom stereocenters. The molecule has 0 atom stereocenters. The summed E-state index contributed by atoms with van der Waals surface area (Å²) in [6.45, 7) is 0. The van der Waals surface area contributed by atoms with E-state index in [1.807, 2.05) is 0 Å². The van der Waals surface area contributed by atoms with Gasteiger partial charge in [-0.2, -0.15) is 0 Å². The first-order chi connectivity index (χ1) is 12.3. The number of hydrogen-bond acceptors (Lipinski definition) is 6. The van der Waals surface area contributed by atoms with Crippen molar-refractivity contribution >= 4 is 45.1 Å². The maximum Gasteiger partial charge on any atom is 0.343 e. The Labute approximate surface area is 153 Å². The van der Waals surface area contributed by atoms with E-state index in [1.165, 1.54) is 24.3 Å². The second-order valence-corrected chi connectivity index (χ2v) is 6.01. The van der Waals surface area contributed by atoms with Gasteiger partial charge in [-0.05, 0) is 28.1 Å². The summed E-state index contributed by atoms with van der Waals surface area (Å²) in [4.78, 5) is 48.3. The predicted octanol–water partition coefficient (Wildman–Crippen LogP) is 3.08. The van der Waals surface area contributed by atoms with Crippen LogP contribution in [0, 0.1) is 15.9 Å². The van der Waals surface area contributed by atoms with Gasteiger partial charge >= 0.3 is 5.97 Å². The molecule has 0 saturated heterocycles. The van der Waals surface area contributed by atoms with Gasteiger partial charge < -0.3 is 4.74 Å². The first-order valence-corrected chi connectivity index (χ1v) is 7.81. The number of carbonyl (C=O) groups is 3. The van der Waals surface area contributed by atoms with Crippen molar-refractivity contribution in [2.45, 2.75) is 0 Å². The largest absolute Gasteiger partial charge is 0.465 e. The number of nitrogens with zero attached hydrogens (tertiary/aromatic N) is 2. The number of anilines is 1. The molecule has 0 aromatic heterocycles. The summed E-state index contributed by atoms with van der Waals surface area (Å²) in [5.74, 6) is -4.26. The van der Waals surface area contributed by atoms with Gasteiger partial charge in [-0.3, -0.25) is 19.7 Å². The van der Waals surface area contributed by atoms with E-state index in [2.05, 4.69) is 20.7 Å². The van der Waals surface area contributed by atoms with Crippen LogP contribution < -0.4 is 4.90 Å². The summed E-state index contributed by atoms with van der Waals surface area (Å²) in [6, 6.07) is 6.50. The van der Waals surface area contributed by atoms with Crippen molar-refractivity contribution in [3.05, 3.63) is 67.4 Å². The number of nitro groups is 1. The number of carbonyl (C=O) groups excluding carboxylic acids is 3. The Kier molecular flexibility index (Phi) is 4.28. The predicted molar refractivity (Wildman–Crippen MR) is 89.7 cm³/mol. The number of rotatable bonds is 3. The quantitative estimate of drug-likeness (QED) is 0.325. The number of nitro benzene ring substituents is 1. The van der Waals surface area contributed by atoms with Crippen LogP contribution in [0.1, 0.15) is 31.1 Å². The van der Waals surface area contributed by atoms with Gasteiger partial charge in [-0.25, -0.2) is 14.1 Å². The van der Waals surface area contributed by atoms with Gasteiger partial charge in [0, 0.05) is 6.07 Å². The molecule has 3 rings (SSSR count). The highest BCUT2D eigenvalue weighted by molar-refractivity contribution is 9.10. The third kappa shape index (κ3) is 2.46. The lowest BCUT2D eigenvalue weighted by molar-refractivity contribution is -0.384. The Bertz CT molecular complexity index is 971. The highest BCUT2D eigenvalue weighted by Gasteiger charge is 2.43. The Hall–Kier alpha value is -3.14. The van der Waals surface area contributed by atoms with E-state index in [4.69, 9.17) is 0 Å². The molecule has 26 heavy (non-hydrogen) atoms. The van der Waals surface area contributed by atoms with Crippen molar-refractivity contribution < 1.29 is 28.4 Å². The molecule has 0 saturated carbocycles. The molecule has 0 fully saturated rings. The molecule has 1 heterocycles. The Morgan fingerprint density at radius 3 is 2.23 bits per heavy atom. The monoisotopic (exact) mass is 422 g/mol. The molecule has 8 nitrogen and oxygen atoms in total. The fourth-order valence-electron chi connectivity index (χ4n) is 2.65. The summed E-state index contributed by atoms with van der Waals surface area (Å²) < 4.78 is 18.7. The topological polar surface area (TPSA) is 107 Å².